The molecule has 0 unspecified atom stereocenters. The zero-order valence-corrected chi connectivity index (χ0v) is 16.3. The van der Waals surface area contributed by atoms with Gasteiger partial charge in [0.25, 0.3) is 5.91 Å². The molecule has 1 aromatic heterocycles. The van der Waals surface area contributed by atoms with E-state index in [0.29, 0.717) is 23.6 Å². The van der Waals surface area contributed by atoms with E-state index in [1.165, 1.54) is 12.1 Å². The van der Waals surface area contributed by atoms with Crippen molar-refractivity contribution in [3.63, 3.8) is 0 Å². The number of carbonyl (C=O) groups is 1. The summed E-state index contributed by atoms with van der Waals surface area (Å²) in [5.41, 5.74) is 1.00. The second-order valence-corrected chi connectivity index (χ2v) is 6.70. The Labute approximate surface area is 167 Å². The second kappa shape index (κ2) is 9.32. The van der Waals surface area contributed by atoms with E-state index in [1.54, 1.807) is 18.2 Å². The third-order valence-electron chi connectivity index (χ3n) is 4.02. The van der Waals surface area contributed by atoms with Crippen LogP contribution in [-0.4, -0.2) is 17.6 Å². The van der Waals surface area contributed by atoms with E-state index in [1.807, 2.05) is 18.2 Å². The molecule has 0 spiro atoms. The first-order chi connectivity index (χ1) is 13.5. The molecule has 0 aliphatic rings. The average molecular weight is 400 g/mol. The molecule has 0 radical (unpaired) electrons. The maximum absolute atomic E-state index is 13.8. The molecule has 1 heterocycles. The summed E-state index contributed by atoms with van der Waals surface area (Å²) in [7, 11) is 0. The van der Waals surface area contributed by atoms with Gasteiger partial charge in [0.2, 0.25) is 0 Å². The van der Waals surface area contributed by atoms with E-state index in [9.17, 15) is 9.18 Å². The van der Waals surface area contributed by atoms with Gasteiger partial charge in [0.1, 0.15) is 17.1 Å². The van der Waals surface area contributed by atoms with E-state index in [4.69, 9.17) is 21.4 Å². The van der Waals surface area contributed by atoms with Gasteiger partial charge in [-0.2, -0.15) is 0 Å². The second-order valence-electron chi connectivity index (χ2n) is 6.29. The highest BCUT2D eigenvalue weighted by atomic mass is 32.1. The van der Waals surface area contributed by atoms with Gasteiger partial charge in [-0.1, -0.05) is 38.0 Å². The third-order valence-corrected chi connectivity index (χ3v) is 4.23. The molecule has 1 amide bonds. The highest BCUT2D eigenvalue weighted by molar-refractivity contribution is 7.80. The maximum atomic E-state index is 13.8. The number of hydrogen-bond acceptors (Lipinski definition) is 4. The Morgan fingerprint density at radius 1 is 1.18 bits per heavy atom. The number of rotatable bonds is 7. The van der Waals surface area contributed by atoms with Crippen molar-refractivity contribution in [1.29, 1.82) is 0 Å². The summed E-state index contributed by atoms with van der Waals surface area (Å²) in [6.07, 6.45) is 3.04. The van der Waals surface area contributed by atoms with E-state index in [2.05, 4.69) is 17.6 Å². The number of unbranched alkanes of at least 4 members (excludes halogenated alkanes) is 2. The van der Waals surface area contributed by atoms with Gasteiger partial charge in [-0.3, -0.25) is 10.1 Å². The van der Waals surface area contributed by atoms with Gasteiger partial charge in [0, 0.05) is 23.2 Å². The molecule has 0 aliphatic heterocycles. The Kier molecular flexibility index (Phi) is 6.60. The highest BCUT2D eigenvalue weighted by Crippen LogP contribution is 2.21. The Balaban J connectivity index is 1.60. The molecule has 0 saturated heterocycles. The van der Waals surface area contributed by atoms with Gasteiger partial charge in [0.05, 0.1) is 6.61 Å². The standard InChI is InChI=1S/C21H21FN2O3S/c1-2-3-6-9-26-17-12-15(22)11-16(13-17)23-21(28)24-20(25)19-10-14-7-4-5-8-18(14)27-19/h4-5,7-8,10-13H,2-3,6,9H2,1H3,(H2,23,24,25,28). The lowest BCUT2D eigenvalue weighted by Crippen LogP contribution is -2.33. The number of ether oxygens (including phenoxy) is 1. The quantitative estimate of drug-likeness (QED) is 0.418. The Morgan fingerprint density at radius 2 is 2.00 bits per heavy atom. The first-order valence-electron chi connectivity index (χ1n) is 9.09. The van der Waals surface area contributed by atoms with Crippen LogP contribution in [0.4, 0.5) is 10.1 Å². The number of hydrogen-bond donors (Lipinski definition) is 2. The summed E-state index contributed by atoms with van der Waals surface area (Å²) in [5, 5.41) is 6.18. The fourth-order valence-corrected chi connectivity index (χ4v) is 2.89. The summed E-state index contributed by atoms with van der Waals surface area (Å²) in [6.45, 7) is 2.62. The molecule has 0 aliphatic carbocycles. The van der Waals surface area contributed by atoms with Gasteiger partial charge in [-0.15, -0.1) is 0 Å². The SMILES string of the molecule is CCCCCOc1cc(F)cc(NC(=S)NC(=O)c2cc3ccccc3o2)c1. The first-order valence-corrected chi connectivity index (χ1v) is 9.50. The fourth-order valence-electron chi connectivity index (χ4n) is 2.68. The molecule has 28 heavy (non-hydrogen) atoms. The van der Waals surface area contributed by atoms with Gasteiger partial charge >= 0.3 is 0 Å². The van der Waals surface area contributed by atoms with Crippen molar-refractivity contribution in [1.82, 2.24) is 5.32 Å². The van der Waals surface area contributed by atoms with Crippen molar-refractivity contribution in [3.8, 4) is 5.75 Å². The van der Waals surface area contributed by atoms with E-state index < -0.39 is 11.7 Å². The summed E-state index contributed by atoms with van der Waals surface area (Å²) < 4.78 is 24.9. The van der Waals surface area contributed by atoms with Crippen LogP contribution in [0.5, 0.6) is 5.75 Å². The predicted octanol–water partition coefficient (Wildman–Crippen LogP) is 5.27. The number of halogens is 1. The van der Waals surface area contributed by atoms with Crippen LogP contribution in [0.15, 0.2) is 52.9 Å². The first kappa shape index (κ1) is 19.8. The number of nitrogens with one attached hydrogen (secondary N) is 2. The van der Waals surface area contributed by atoms with Crippen molar-refractivity contribution in [2.45, 2.75) is 26.2 Å². The summed E-state index contributed by atoms with van der Waals surface area (Å²) in [5.74, 6) is -0.391. The van der Waals surface area contributed by atoms with Crippen LogP contribution < -0.4 is 15.4 Å². The Hall–Kier alpha value is -2.93. The van der Waals surface area contributed by atoms with Crippen LogP contribution in [0.1, 0.15) is 36.7 Å². The lowest BCUT2D eigenvalue weighted by molar-refractivity contribution is 0.0953. The molecule has 0 atom stereocenters. The number of thiocarbonyl (C=S) groups is 1. The molecule has 5 nitrogen and oxygen atoms in total. The van der Waals surface area contributed by atoms with Crippen LogP contribution in [-0.2, 0) is 0 Å². The number of benzene rings is 2. The molecule has 0 saturated carbocycles. The van der Waals surface area contributed by atoms with Crippen LogP contribution in [0.2, 0.25) is 0 Å². The van der Waals surface area contributed by atoms with E-state index in [0.717, 1.165) is 24.6 Å². The van der Waals surface area contributed by atoms with Gasteiger partial charge in [-0.25, -0.2) is 4.39 Å². The number of para-hydroxylation sites is 1. The average Bonchev–Trinajstić information content (AvgIpc) is 3.09. The zero-order chi connectivity index (χ0) is 19.9. The van der Waals surface area contributed by atoms with Crippen molar-refractivity contribution < 1.29 is 18.3 Å². The smallest absolute Gasteiger partial charge is 0.293 e. The number of fused-ring (bicyclic) bond motifs is 1. The normalized spacial score (nSPS) is 10.6. The number of carbonyl (C=O) groups excluding carboxylic acids is 1. The third kappa shape index (κ3) is 5.29. The van der Waals surface area contributed by atoms with E-state index >= 15 is 0 Å². The molecule has 2 aromatic carbocycles. The largest absolute Gasteiger partial charge is 0.493 e. The van der Waals surface area contributed by atoms with E-state index in [-0.39, 0.29) is 10.9 Å². The number of anilines is 1. The van der Waals surface area contributed by atoms with Crippen LogP contribution in [0, 0.1) is 5.82 Å². The number of furan rings is 1. The molecular formula is C21H21FN2O3S. The molecule has 3 aromatic rings. The minimum atomic E-state index is -0.485. The van der Waals surface area contributed by atoms with Gasteiger partial charge < -0.3 is 14.5 Å². The molecule has 0 bridgehead atoms. The Morgan fingerprint density at radius 3 is 2.79 bits per heavy atom. The molecular weight excluding hydrogens is 379 g/mol. The van der Waals surface area contributed by atoms with Crippen LogP contribution in [0.3, 0.4) is 0 Å². The fraction of sp³-hybridized carbons (Fsp3) is 0.238. The minimum Gasteiger partial charge on any atom is -0.493 e. The van der Waals surface area contributed by atoms with Crippen molar-refractivity contribution >= 4 is 39.9 Å². The number of amides is 1. The summed E-state index contributed by atoms with van der Waals surface area (Å²) in [6, 6.07) is 13.2. The lowest BCUT2D eigenvalue weighted by Gasteiger charge is -2.11. The predicted molar refractivity (Wildman–Crippen MR) is 111 cm³/mol. The molecule has 3 rings (SSSR count). The topological polar surface area (TPSA) is 63.5 Å². The van der Waals surface area contributed by atoms with Crippen molar-refractivity contribution in [2.75, 3.05) is 11.9 Å². The van der Waals surface area contributed by atoms with Crippen molar-refractivity contribution in [2.24, 2.45) is 0 Å². The summed E-state index contributed by atoms with van der Waals surface area (Å²) in [4.78, 5) is 12.3. The maximum Gasteiger partial charge on any atom is 0.293 e. The monoisotopic (exact) mass is 400 g/mol. The lowest BCUT2D eigenvalue weighted by atomic mass is 10.2. The van der Waals surface area contributed by atoms with Gasteiger partial charge in [-0.05, 0) is 36.8 Å². The van der Waals surface area contributed by atoms with Crippen LogP contribution in [0.25, 0.3) is 11.0 Å². The molecule has 2 N–H and O–H groups in total. The van der Waals surface area contributed by atoms with Gasteiger partial charge in [0.15, 0.2) is 10.9 Å². The van der Waals surface area contributed by atoms with Crippen LogP contribution >= 0.6 is 12.2 Å². The Bertz CT molecular complexity index is 954. The highest BCUT2D eigenvalue weighted by Gasteiger charge is 2.14. The summed E-state index contributed by atoms with van der Waals surface area (Å²) >= 11 is 5.15. The van der Waals surface area contributed by atoms with Crippen molar-refractivity contribution in [3.05, 3.63) is 60.1 Å². The molecule has 146 valence electrons. The molecule has 0 fully saturated rings. The zero-order valence-electron chi connectivity index (χ0n) is 15.5. The minimum absolute atomic E-state index is 0.0352. The molecule has 7 heteroatoms.